The predicted molar refractivity (Wildman–Crippen MR) is 134 cm³/mol. The standard InChI is InChI=1S/C24H53N3O3Si/c1-6-25(7-2)18-19-27-22-20-26(21-23-27)17-15-13-11-12-14-16-24-31(28-8-3,29-9-4)30-10-5/h6-24H2,1-5H3. The van der Waals surface area contributed by atoms with Crippen LogP contribution >= 0.6 is 0 Å². The lowest BCUT2D eigenvalue weighted by molar-refractivity contribution is 0.0706. The Bertz CT molecular complexity index is 389. The lowest BCUT2D eigenvalue weighted by atomic mass is 10.1. The van der Waals surface area contributed by atoms with Crippen molar-refractivity contribution >= 4 is 8.80 Å². The molecule has 31 heavy (non-hydrogen) atoms. The molecule has 0 bridgehead atoms. The third kappa shape index (κ3) is 12.7. The van der Waals surface area contributed by atoms with Gasteiger partial charge in [-0.05, 0) is 53.2 Å². The largest absolute Gasteiger partial charge is 0.500 e. The lowest BCUT2D eigenvalue weighted by Crippen LogP contribution is -2.48. The van der Waals surface area contributed by atoms with E-state index in [-0.39, 0.29) is 0 Å². The van der Waals surface area contributed by atoms with E-state index in [1.807, 2.05) is 20.8 Å². The van der Waals surface area contributed by atoms with Gasteiger partial charge >= 0.3 is 8.80 Å². The molecule has 1 aliphatic rings. The van der Waals surface area contributed by atoms with Gasteiger partial charge in [-0.15, -0.1) is 0 Å². The molecule has 1 fully saturated rings. The van der Waals surface area contributed by atoms with E-state index in [4.69, 9.17) is 13.3 Å². The Morgan fingerprint density at radius 1 is 0.613 bits per heavy atom. The molecule has 1 aliphatic heterocycles. The zero-order chi connectivity index (χ0) is 22.8. The van der Waals surface area contributed by atoms with Gasteiger partial charge in [-0.25, -0.2) is 0 Å². The number of likely N-dealkylation sites (N-methyl/N-ethyl adjacent to an activating group) is 1. The van der Waals surface area contributed by atoms with Crippen molar-refractivity contribution in [3.63, 3.8) is 0 Å². The van der Waals surface area contributed by atoms with Crippen molar-refractivity contribution in [2.24, 2.45) is 0 Å². The molecular formula is C24H53N3O3Si. The van der Waals surface area contributed by atoms with Crippen LogP contribution in [0.15, 0.2) is 0 Å². The summed E-state index contributed by atoms with van der Waals surface area (Å²) in [6.45, 7) is 23.7. The molecule has 1 rings (SSSR count). The fourth-order valence-corrected chi connectivity index (χ4v) is 7.13. The van der Waals surface area contributed by atoms with Gasteiger partial charge in [-0.1, -0.05) is 39.5 Å². The number of piperazine rings is 1. The molecule has 0 aromatic rings. The second-order valence-corrected chi connectivity index (χ2v) is 11.3. The third-order valence-electron chi connectivity index (χ3n) is 6.39. The Morgan fingerprint density at radius 3 is 1.55 bits per heavy atom. The molecule has 7 heteroatoms. The highest BCUT2D eigenvalue weighted by molar-refractivity contribution is 6.60. The number of unbranched alkanes of at least 4 members (excludes halogenated alkanes) is 5. The van der Waals surface area contributed by atoms with Crippen molar-refractivity contribution in [3.8, 4) is 0 Å². The summed E-state index contributed by atoms with van der Waals surface area (Å²) in [5, 5.41) is 0. The van der Waals surface area contributed by atoms with Crippen LogP contribution in [0.5, 0.6) is 0 Å². The smallest absolute Gasteiger partial charge is 0.374 e. The molecule has 6 nitrogen and oxygen atoms in total. The summed E-state index contributed by atoms with van der Waals surface area (Å²) >= 11 is 0. The number of hydrogen-bond acceptors (Lipinski definition) is 6. The summed E-state index contributed by atoms with van der Waals surface area (Å²) in [5.41, 5.74) is 0. The molecule has 0 amide bonds. The minimum Gasteiger partial charge on any atom is -0.374 e. The molecule has 0 radical (unpaired) electrons. The maximum Gasteiger partial charge on any atom is 0.500 e. The normalized spacial score (nSPS) is 16.5. The summed E-state index contributed by atoms with van der Waals surface area (Å²) in [4.78, 5) is 7.84. The number of nitrogens with zero attached hydrogens (tertiary/aromatic N) is 3. The highest BCUT2D eigenvalue weighted by Crippen LogP contribution is 2.20. The molecule has 0 spiro atoms. The van der Waals surface area contributed by atoms with Crippen molar-refractivity contribution in [2.75, 3.05) is 78.7 Å². The van der Waals surface area contributed by atoms with Crippen molar-refractivity contribution < 1.29 is 13.3 Å². The monoisotopic (exact) mass is 459 g/mol. The van der Waals surface area contributed by atoms with Gasteiger partial charge in [0.15, 0.2) is 0 Å². The average molecular weight is 460 g/mol. The van der Waals surface area contributed by atoms with Gasteiger partial charge in [0.05, 0.1) is 0 Å². The van der Waals surface area contributed by atoms with E-state index in [1.54, 1.807) is 0 Å². The van der Waals surface area contributed by atoms with Crippen molar-refractivity contribution in [1.29, 1.82) is 0 Å². The summed E-state index contributed by atoms with van der Waals surface area (Å²) in [7, 11) is -2.43. The molecule has 1 heterocycles. The zero-order valence-electron chi connectivity index (χ0n) is 21.5. The fraction of sp³-hybridized carbons (Fsp3) is 1.00. The van der Waals surface area contributed by atoms with E-state index in [0.717, 1.165) is 12.5 Å². The van der Waals surface area contributed by atoms with Crippen LogP contribution in [0.1, 0.15) is 73.1 Å². The Labute approximate surface area is 194 Å². The minimum absolute atomic E-state index is 0.677. The van der Waals surface area contributed by atoms with Gasteiger partial charge in [0.2, 0.25) is 0 Å². The topological polar surface area (TPSA) is 37.4 Å². The summed E-state index contributed by atoms with van der Waals surface area (Å²) < 4.78 is 17.9. The molecule has 1 saturated heterocycles. The molecule has 0 atom stereocenters. The van der Waals surface area contributed by atoms with E-state index in [0.29, 0.717) is 19.8 Å². The second kappa shape index (κ2) is 18.4. The van der Waals surface area contributed by atoms with Gasteiger partial charge in [0, 0.05) is 65.1 Å². The molecule has 0 N–H and O–H groups in total. The number of rotatable bonds is 20. The number of hydrogen-bond donors (Lipinski definition) is 0. The van der Waals surface area contributed by atoms with Crippen molar-refractivity contribution in [2.45, 2.75) is 79.2 Å². The average Bonchev–Trinajstić information content (AvgIpc) is 2.78. The lowest BCUT2D eigenvalue weighted by Gasteiger charge is -2.35. The molecular weight excluding hydrogens is 406 g/mol. The fourth-order valence-electron chi connectivity index (χ4n) is 4.44. The van der Waals surface area contributed by atoms with Crippen LogP contribution < -0.4 is 0 Å². The highest BCUT2D eigenvalue weighted by Gasteiger charge is 2.39. The molecule has 0 aliphatic carbocycles. The molecule has 0 unspecified atom stereocenters. The minimum atomic E-state index is -2.43. The summed E-state index contributed by atoms with van der Waals surface area (Å²) in [6.07, 6.45) is 7.77. The molecule has 0 aromatic heterocycles. The second-order valence-electron chi connectivity index (χ2n) is 8.56. The zero-order valence-corrected chi connectivity index (χ0v) is 22.5. The van der Waals surface area contributed by atoms with Gasteiger partial charge in [0.25, 0.3) is 0 Å². The van der Waals surface area contributed by atoms with Crippen LogP contribution in [0, 0.1) is 0 Å². The SMILES string of the molecule is CCO[Si](CCCCCCCCN1CCN(CCN(CC)CC)CC1)(OCC)OCC. The van der Waals surface area contributed by atoms with Crippen LogP contribution in [0.4, 0.5) is 0 Å². The Morgan fingerprint density at radius 2 is 1.06 bits per heavy atom. The van der Waals surface area contributed by atoms with E-state index in [2.05, 4.69) is 28.5 Å². The Balaban J connectivity index is 2.05. The predicted octanol–water partition coefficient (Wildman–Crippen LogP) is 4.33. The van der Waals surface area contributed by atoms with E-state index in [1.165, 1.54) is 91.0 Å². The summed E-state index contributed by atoms with van der Waals surface area (Å²) in [5.74, 6) is 0. The first-order chi connectivity index (χ1) is 15.1. The summed E-state index contributed by atoms with van der Waals surface area (Å²) in [6, 6.07) is 0.959. The van der Waals surface area contributed by atoms with E-state index < -0.39 is 8.80 Å². The Kier molecular flexibility index (Phi) is 17.2. The molecule has 186 valence electrons. The van der Waals surface area contributed by atoms with E-state index >= 15 is 0 Å². The van der Waals surface area contributed by atoms with Gasteiger partial charge in [0.1, 0.15) is 0 Å². The van der Waals surface area contributed by atoms with Crippen LogP contribution in [0.25, 0.3) is 0 Å². The molecule has 0 aromatic carbocycles. The van der Waals surface area contributed by atoms with Gasteiger partial charge < -0.3 is 23.1 Å². The van der Waals surface area contributed by atoms with Crippen LogP contribution in [-0.4, -0.2) is 102 Å². The quantitative estimate of drug-likeness (QED) is 0.199. The van der Waals surface area contributed by atoms with Crippen LogP contribution in [-0.2, 0) is 13.3 Å². The van der Waals surface area contributed by atoms with Gasteiger partial charge in [-0.2, -0.15) is 0 Å². The first-order valence-corrected chi connectivity index (χ1v) is 15.1. The van der Waals surface area contributed by atoms with Crippen molar-refractivity contribution in [1.82, 2.24) is 14.7 Å². The Hall–Kier alpha value is -0.0231. The first kappa shape index (κ1) is 29.0. The molecule has 0 saturated carbocycles. The highest BCUT2D eigenvalue weighted by atomic mass is 28.4. The first-order valence-electron chi connectivity index (χ1n) is 13.2. The van der Waals surface area contributed by atoms with Crippen LogP contribution in [0.2, 0.25) is 6.04 Å². The third-order valence-corrected chi connectivity index (χ3v) is 9.54. The van der Waals surface area contributed by atoms with Crippen molar-refractivity contribution in [3.05, 3.63) is 0 Å². The van der Waals surface area contributed by atoms with Gasteiger partial charge in [-0.3, -0.25) is 4.90 Å². The maximum atomic E-state index is 5.95. The maximum absolute atomic E-state index is 5.95. The van der Waals surface area contributed by atoms with E-state index in [9.17, 15) is 0 Å². The van der Waals surface area contributed by atoms with Crippen LogP contribution in [0.3, 0.4) is 0 Å².